The summed E-state index contributed by atoms with van der Waals surface area (Å²) in [5.74, 6) is 1.20. The molecule has 0 aromatic heterocycles. The molecule has 0 spiro atoms. The average molecular weight is 354 g/mol. The van der Waals surface area contributed by atoms with Gasteiger partial charge in [0.05, 0.1) is 19.9 Å². The van der Waals surface area contributed by atoms with Gasteiger partial charge >= 0.3 is 0 Å². The first-order chi connectivity index (χ1) is 12.7. The van der Waals surface area contributed by atoms with Crippen molar-refractivity contribution in [1.82, 2.24) is 0 Å². The number of nitrogens with zero attached hydrogens (tertiary/aromatic N) is 2. The topological polar surface area (TPSA) is 60.4 Å². The first-order valence-corrected chi connectivity index (χ1v) is 8.57. The molecule has 1 aliphatic heterocycles. The maximum absolute atomic E-state index is 12.3. The first-order valence-electron chi connectivity index (χ1n) is 8.57. The second-order valence-electron chi connectivity index (χ2n) is 5.78. The Balaban J connectivity index is 1.56. The Hall–Kier alpha value is -3.02. The van der Waals surface area contributed by atoms with Crippen LogP contribution in [-0.4, -0.2) is 39.0 Å². The number of anilines is 1. The number of fused-ring (bicyclic) bond motifs is 1. The molecule has 136 valence electrons. The van der Waals surface area contributed by atoms with Crippen LogP contribution in [0.25, 0.3) is 0 Å². The molecule has 1 heterocycles. The highest BCUT2D eigenvalue weighted by molar-refractivity contribution is 5.96. The van der Waals surface area contributed by atoms with Gasteiger partial charge in [-0.05, 0) is 43.2 Å². The molecule has 0 saturated heterocycles. The number of para-hydroxylation sites is 1. The maximum atomic E-state index is 12.3. The number of hydrogen-bond donors (Lipinski definition) is 0. The molecular formula is C20H22N2O4. The van der Waals surface area contributed by atoms with Gasteiger partial charge in [-0.25, -0.2) is 0 Å². The zero-order valence-electron chi connectivity index (χ0n) is 15.0. The van der Waals surface area contributed by atoms with E-state index in [0.717, 1.165) is 17.7 Å². The van der Waals surface area contributed by atoms with E-state index in [2.05, 4.69) is 5.16 Å². The summed E-state index contributed by atoms with van der Waals surface area (Å²) in [6.07, 6.45) is 2.42. The molecule has 0 bridgehead atoms. The van der Waals surface area contributed by atoms with E-state index in [-0.39, 0.29) is 12.5 Å². The van der Waals surface area contributed by atoms with E-state index in [1.165, 1.54) is 5.56 Å². The number of methoxy groups -OCH3 is 1. The largest absolute Gasteiger partial charge is 0.493 e. The molecule has 6 heteroatoms. The van der Waals surface area contributed by atoms with Gasteiger partial charge in [0.25, 0.3) is 5.91 Å². The minimum atomic E-state index is -0.101. The van der Waals surface area contributed by atoms with Gasteiger partial charge in [0, 0.05) is 17.8 Å². The number of hydrogen-bond acceptors (Lipinski definition) is 5. The number of carbonyl (C=O) groups excluding carboxylic acids is 1. The molecule has 3 rings (SSSR count). The molecule has 26 heavy (non-hydrogen) atoms. The van der Waals surface area contributed by atoms with E-state index in [1.54, 1.807) is 24.3 Å². The third kappa shape index (κ3) is 3.96. The van der Waals surface area contributed by atoms with Crippen molar-refractivity contribution < 1.29 is 19.1 Å². The Kier molecular flexibility index (Phi) is 5.73. The summed E-state index contributed by atoms with van der Waals surface area (Å²) in [5.41, 5.74) is 2.94. The molecule has 0 atom stereocenters. The molecule has 2 aromatic rings. The molecule has 6 nitrogen and oxygen atoms in total. The van der Waals surface area contributed by atoms with Crippen molar-refractivity contribution in [2.24, 2.45) is 5.16 Å². The first kappa shape index (κ1) is 17.8. The van der Waals surface area contributed by atoms with Crippen LogP contribution in [0.3, 0.4) is 0 Å². The van der Waals surface area contributed by atoms with Crippen molar-refractivity contribution in [2.75, 3.05) is 31.8 Å². The zero-order chi connectivity index (χ0) is 18.4. The lowest BCUT2D eigenvalue weighted by atomic mass is 10.2. The molecule has 0 aliphatic carbocycles. The van der Waals surface area contributed by atoms with Crippen LogP contribution in [0.4, 0.5) is 5.69 Å². The lowest BCUT2D eigenvalue weighted by molar-refractivity contribution is -0.122. The molecule has 0 unspecified atom stereocenters. The lowest BCUT2D eigenvalue weighted by Gasteiger charge is -2.16. The summed E-state index contributed by atoms with van der Waals surface area (Å²) in [7, 11) is 1.59. The van der Waals surface area contributed by atoms with Crippen LogP contribution in [0.5, 0.6) is 11.5 Å². The van der Waals surface area contributed by atoms with Crippen molar-refractivity contribution >= 4 is 17.8 Å². The number of benzene rings is 2. The van der Waals surface area contributed by atoms with Crippen molar-refractivity contribution in [1.29, 1.82) is 0 Å². The number of ether oxygens (including phenoxy) is 2. The minimum Gasteiger partial charge on any atom is -0.493 e. The summed E-state index contributed by atoms with van der Waals surface area (Å²) >= 11 is 0. The Morgan fingerprint density at radius 3 is 2.88 bits per heavy atom. The fourth-order valence-corrected chi connectivity index (χ4v) is 2.91. The van der Waals surface area contributed by atoms with E-state index in [0.29, 0.717) is 24.7 Å². The lowest BCUT2D eigenvalue weighted by Crippen LogP contribution is -2.31. The van der Waals surface area contributed by atoms with Crippen LogP contribution in [0.15, 0.2) is 47.6 Å². The number of carbonyl (C=O) groups is 1. The van der Waals surface area contributed by atoms with Crippen LogP contribution in [0.1, 0.15) is 18.1 Å². The summed E-state index contributed by atoms with van der Waals surface area (Å²) in [6.45, 7) is 3.06. The molecule has 0 fully saturated rings. The monoisotopic (exact) mass is 354 g/mol. The molecule has 1 aliphatic rings. The normalized spacial score (nSPS) is 12.9. The third-order valence-corrected chi connectivity index (χ3v) is 4.14. The summed E-state index contributed by atoms with van der Waals surface area (Å²) in [5, 5.41) is 3.89. The van der Waals surface area contributed by atoms with Gasteiger partial charge in [0.15, 0.2) is 18.1 Å². The second-order valence-corrected chi connectivity index (χ2v) is 5.78. The molecule has 0 N–H and O–H groups in total. The number of rotatable bonds is 7. The van der Waals surface area contributed by atoms with Crippen LogP contribution in [0.2, 0.25) is 0 Å². The SMILES string of the molecule is CCOc1ccc(C=NOCC(=O)N2CCc3ccccc32)cc1OC. The van der Waals surface area contributed by atoms with Crippen LogP contribution in [-0.2, 0) is 16.1 Å². The van der Waals surface area contributed by atoms with E-state index in [1.807, 2.05) is 43.3 Å². The van der Waals surface area contributed by atoms with Crippen LogP contribution >= 0.6 is 0 Å². The van der Waals surface area contributed by atoms with Gasteiger partial charge in [0.2, 0.25) is 0 Å². The average Bonchev–Trinajstić information content (AvgIpc) is 3.10. The van der Waals surface area contributed by atoms with Gasteiger partial charge in [-0.1, -0.05) is 23.4 Å². The highest BCUT2D eigenvalue weighted by atomic mass is 16.6. The summed E-state index contributed by atoms with van der Waals surface area (Å²) in [6, 6.07) is 13.4. The van der Waals surface area contributed by atoms with Crippen molar-refractivity contribution in [2.45, 2.75) is 13.3 Å². The van der Waals surface area contributed by atoms with Gasteiger partial charge in [0.1, 0.15) is 0 Å². The van der Waals surface area contributed by atoms with E-state index < -0.39 is 0 Å². The Morgan fingerprint density at radius 2 is 2.08 bits per heavy atom. The maximum Gasteiger partial charge on any atom is 0.267 e. The van der Waals surface area contributed by atoms with Gasteiger partial charge in [-0.2, -0.15) is 0 Å². The van der Waals surface area contributed by atoms with Gasteiger partial charge in [-0.3, -0.25) is 4.79 Å². The van der Waals surface area contributed by atoms with Crippen molar-refractivity contribution in [3.8, 4) is 11.5 Å². The Bertz CT molecular complexity index is 804. The third-order valence-electron chi connectivity index (χ3n) is 4.14. The smallest absolute Gasteiger partial charge is 0.267 e. The summed E-state index contributed by atoms with van der Waals surface area (Å²) in [4.78, 5) is 19.3. The molecule has 1 amide bonds. The predicted molar refractivity (Wildman–Crippen MR) is 100 cm³/mol. The highest BCUT2D eigenvalue weighted by Crippen LogP contribution is 2.28. The molecule has 0 saturated carbocycles. The number of amides is 1. The minimum absolute atomic E-state index is 0.0982. The van der Waals surface area contributed by atoms with E-state index in [9.17, 15) is 4.79 Å². The van der Waals surface area contributed by atoms with E-state index in [4.69, 9.17) is 14.3 Å². The summed E-state index contributed by atoms with van der Waals surface area (Å²) < 4.78 is 10.8. The quantitative estimate of drug-likeness (QED) is 0.566. The fraction of sp³-hybridized carbons (Fsp3) is 0.300. The van der Waals surface area contributed by atoms with E-state index >= 15 is 0 Å². The van der Waals surface area contributed by atoms with Gasteiger partial charge in [-0.15, -0.1) is 0 Å². The standard InChI is InChI=1S/C20H22N2O4/c1-3-25-18-9-8-15(12-19(18)24-2)13-21-26-14-20(23)22-11-10-16-6-4-5-7-17(16)22/h4-9,12-13H,3,10-11,14H2,1-2H3. The van der Waals surface area contributed by atoms with Crippen molar-refractivity contribution in [3.05, 3.63) is 53.6 Å². The highest BCUT2D eigenvalue weighted by Gasteiger charge is 2.24. The Morgan fingerprint density at radius 1 is 1.23 bits per heavy atom. The van der Waals surface area contributed by atoms with Crippen LogP contribution in [0, 0.1) is 0 Å². The second kappa shape index (κ2) is 8.38. The van der Waals surface area contributed by atoms with Crippen LogP contribution < -0.4 is 14.4 Å². The predicted octanol–water partition coefficient (Wildman–Crippen LogP) is 3.03. The van der Waals surface area contributed by atoms with Gasteiger partial charge < -0.3 is 19.2 Å². The Labute approximate surface area is 153 Å². The molecular weight excluding hydrogens is 332 g/mol. The number of oxime groups is 1. The molecule has 0 radical (unpaired) electrons. The fourth-order valence-electron chi connectivity index (χ4n) is 2.91. The van der Waals surface area contributed by atoms with Crippen molar-refractivity contribution in [3.63, 3.8) is 0 Å². The molecule has 2 aromatic carbocycles. The zero-order valence-corrected chi connectivity index (χ0v) is 15.0.